The van der Waals surface area contributed by atoms with Gasteiger partial charge in [-0.25, -0.2) is 19.2 Å². The van der Waals surface area contributed by atoms with E-state index in [1.54, 1.807) is 32.9 Å². The maximum Gasteiger partial charge on any atom is 0.412 e. The molecule has 0 bridgehead atoms. The summed E-state index contributed by atoms with van der Waals surface area (Å²) in [6, 6.07) is 3.14. The van der Waals surface area contributed by atoms with Crippen molar-refractivity contribution in [3.05, 3.63) is 28.3 Å². The predicted molar refractivity (Wildman–Crippen MR) is 140 cm³/mol. The SMILES string of the molecule is COC(=O)/C(=C\c1ccc(Br)o1)NC(=O)OC(C)(C)CCOP(=O)(OC)C(NC(=O)OC(C)(C)C)C(=O)OC. The van der Waals surface area contributed by atoms with Crippen LogP contribution in [0.1, 0.15) is 46.8 Å². The fourth-order valence-corrected chi connectivity index (χ4v) is 4.45. The smallest absolute Gasteiger partial charge is 0.412 e. The number of hydrogen-bond donors (Lipinski definition) is 2. The van der Waals surface area contributed by atoms with E-state index in [9.17, 15) is 23.7 Å². The third-order valence-corrected chi connectivity index (χ3v) is 6.97. The molecule has 0 aliphatic heterocycles. The highest BCUT2D eigenvalue weighted by molar-refractivity contribution is 9.10. The van der Waals surface area contributed by atoms with Crippen molar-refractivity contribution < 1.29 is 56.2 Å². The maximum atomic E-state index is 13.3. The Balaban J connectivity index is 2.88. The summed E-state index contributed by atoms with van der Waals surface area (Å²) in [5, 5.41) is 4.44. The van der Waals surface area contributed by atoms with Crippen LogP contribution in [-0.2, 0) is 42.1 Å². The van der Waals surface area contributed by atoms with E-state index in [1.165, 1.54) is 19.9 Å². The molecule has 16 heteroatoms. The average molecular weight is 641 g/mol. The zero-order chi connectivity index (χ0) is 30.0. The lowest BCUT2D eigenvalue weighted by molar-refractivity contribution is -0.141. The first-order valence-electron chi connectivity index (χ1n) is 11.4. The molecule has 0 aliphatic rings. The van der Waals surface area contributed by atoms with Gasteiger partial charge < -0.3 is 32.4 Å². The molecule has 0 saturated heterocycles. The molecule has 2 atom stereocenters. The number of esters is 2. The number of methoxy groups -OCH3 is 2. The highest BCUT2D eigenvalue weighted by Crippen LogP contribution is 2.52. The minimum absolute atomic E-state index is 0.0451. The number of furan rings is 1. The third kappa shape index (κ3) is 11.8. The second-order valence-corrected chi connectivity index (χ2v) is 12.3. The molecular weight excluding hydrogens is 607 g/mol. The van der Waals surface area contributed by atoms with Gasteiger partial charge in [0, 0.05) is 19.6 Å². The van der Waals surface area contributed by atoms with Gasteiger partial charge >= 0.3 is 31.7 Å². The maximum absolute atomic E-state index is 13.3. The molecule has 1 aromatic heterocycles. The Morgan fingerprint density at radius 3 is 2.15 bits per heavy atom. The first-order chi connectivity index (χ1) is 17.9. The average Bonchev–Trinajstić information content (AvgIpc) is 3.23. The van der Waals surface area contributed by atoms with Crippen LogP contribution >= 0.6 is 23.5 Å². The van der Waals surface area contributed by atoms with E-state index < -0.39 is 48.7 Å². The molecule has 0 fully saturated rings. The minimum atomic E-state index is -4.33. The molecule has 14 nitrogen and oxygen atoms in total. The lowest BCUT2D eigenvalue weighted by Crippen LogP contribution is -2.44. The standard InChI is InChI=1S/C23H34BrN2O12P/c1-22(2,3)37-21(30)26-17(19(28)33-7)39(31,34-8)35-12-11-23(4,5)38-20(29)25-15(18(27)32-6)13-14-9-10-16(24)36-14/h9-10,13,17H,11-12H2,1-8H3,(H,25,29)(H,26,30)/b15-13+. The number of ether oxygens (including phenoxy) is 4. The summed E-state index contributed by atoms with van der Waals surface area (Å²) in [5.41, 5.74) is -2.38. The van der Waals surface area contributed by atoms with Gasteiger partial charge in [0.1, 0.15) is 22.7 Å². The molecule has 1 heterocycles. The third-order valence-electron chi connectivity index (χ3n) is 4.52. The van der Waals surface area contributed by atoms with Crippen LogP contribution in [0.2, 0.25) is 0 Å². The number of nitrogens with one attached hydrogen (secondary N) is 2. The van der Waals surface area contributed by atoms with E-state index in [0.29, 0.717) is 4.67 Å². The summed E-state index contributed by atoms with van der Waals surface area (Å²) in [6.07, 6.45) is -0.851. The van der Waals surface area contributed by atoms with E-state index in [4.69, 9.17) is 22.9 Å². The minimum Gasteiger partial charge on any atom is -0.467 e. The van der Waals surface area contributed by atoms with Gasteiger partial charge in [-0.15, -0.1) is 0 Å². The topological polar surface area (TPSA) is 178 Å². The second-order valence-electron chi connectivity index (χ2n) is 9.34. The van der Waals surface area contributed by atoms with Gasteiger partial charge in [0.25, 0.3) is 0 Å². The van der Waals surface area contributed by atoms with Gasteiger partial charge in [-0.05, 0) is 62.7 Å². The first-order valence-corrected chi connectivity index (χ1v) is 13.8. The molecule has 0 spiro atoms. The van der Waals surface area contributed by atoms with Crippen molar-refractivity contribution in [2.24, 2.45) is 0 Å². The van der Waals surface area contributed by atoms with Crippen LogP contribution in [-0.4, -0.2) is 69.0 Å². The van der Waals surface area contributed by atoms with Crippen LogP contribution in [0, 0.1) is 0 Å². The number of alkyl carbamates (subject to hydrolysis) is 2. The Morgan fingerprint density at radius 1 is 1.03 bits per heavy atom. The lowest BCUT2D eigenvalue weighted by Gasteiger charge is -2.28. The number of carbonyl (C=O) groups is 4. The number of halogens is 1. The van der Waals surface area contributed by atoms with Gasteiger partial charge in [0.15, 0.2) is 4.67 Å². The normalized spacial score (nSPS) is 14.4. The molecule has 0 saturated carbocycles. The van der Waals surface area contributed by atoms with Gasteiger partial charge in [-0.2, -0.15) is 0 Å². The van der Waals surface area contributed by atoms with Crippen molar-refractivity contribution in [2.45, 2.75) is 58.0 Å². The van der Waals surface area contributed by atoms with Crippen LogP contribution < -0.4 is 10.6 Å². The molecule has 2 N–H and O–H groups in total. The quantitative estimate of drug-likeness (QED) is 0.143. The molecule has 0 aromatic carbocycles. The monoisotopic (exact) mass is 640 g/mol. The zero-order valence-corrected chi connectivity index (χ0v) is 25.4. The molecule has 2 amide bonds. The fraction of sp³-hybridized carbons (Fsp3) is 0.565. The van der Waals surface area contributed by atoms with E-state index in [0.717, 1.165) is 21.3 Å². The molecule has 2 unspecified atom stereocenters. The number of carbonyl (C=O) groups excluding carboxylic acids is 4. The van der Waals surface area contributed by atoms with Crippen LogP contribution in [0.4, 0.5) is 9.59 Å². The van der Waals surface area contributed by atoms with Crippen molar-refractivity contribution >= 4 is 53.7 Å². The number of hydrogen-bond acceptors (Lipinski definition) is 12. The summed E-state index contributed by atoms with van der Waals surface area (Å²) in [5.74, 6) is -3.52. The summed E-state index contributed by atoms with van der Waals surface area (Å²) >= 11 is 3.14. The predicted octanol–water partition coefficient (Wildman–Crippen LogP) is 4.33. The van der Waals surface area contributed by atoms with Gasteiger partial charge in [-0.1, -0.05) is 0 Å². The largest absolute Gasteiger partial charge is 0.467 e. The van der Waals surface area contributed by atoms with Crippen molar-refractivity contribution in [2.75, 3.05) is 27.9 Å². The highest BCUT2D eigenvalue weighted by atomic mass is 79.9. The molecule has 220 valence electrons. The lowest BCUT2D eigenvalue weighted by atomic mass is 10.1. The van der Waals surface area contributed by atoms with Crippen LogP contribution in [0.15, 0.2) is 26.9 Å². The number of rotatable bonds is 12. The Hall–Kier alpha value is -2.87. The molecule has 0 radical (unpaired) electrons. The first kappa shape index (κ1) is 34.2. The summed E-state index contributed by atoms with van der Waals surface area (Å²) in [6.45, 7) is 7.51. The van der Waals surface area contributed by atoms with Crippen molar-refractivity contribution in [1.29, 1.82) is 0 Å². The van der Waals surface area contributed by atoms with Gasteiger partial charge in [0.2, 0.25) is 5.78 Å². The Bertz CT molecular complexity index is 1110. The summed E-state index contributed by atoms with van der Waals surface area (Å²) < 4.78 is 49.1. The summed E-state index contributed by atoms with van der Waals surface area (Å²) in [4.78, 5) is 49.1. The highest BCUT2D eigenvalue weighted by Gasteiger charge is 2.44. The van der Waals surface area contributed by atoms with Gasteiger partial charge in [-0.3, -0.25) is 15.2 Å². The molecule has 0 aliphatic carbocycles. The Kier molecular flexibility index (Phi) is 12.7. The Morgan fingerprint density at radius 2 is 1.67 bits per heavy atom. The van der Waals surface area contributed by atoms with Crippen molar-refractivity contribution in [3.63, 3.8) is 0 Å². The summed E-state index contributed by atoms with van der Waals surface area (Å²) in [7, 11) is -1.13. The van der Waals surface area contributed by atoms with Crippen molar-refractivity contribution in [1.82, 2.24) is 10.6 Å². The Labute approximate surface area is 234 Å². The van der Waals surface area contributed by atoms with E-state index in [1.807, 2.05) is 0 Å². The molecule has 1 rings (SSSR count). The fourth-order valence-electron chi connectivity index (χ4n) is 2.69. The number of amides is 2. The molecular formula is C23H34BrN2O12P. The second kappa shape index (κ2) is 14.5. The van der Waals surface area contributed by atoms with E-state index >= 15 is 0 Å². The zero-order valence-electron chi connectivity index (χ0n) is 22.9. The van der Waals surface area contributed by atoms with Crippen molar-refractivity contribution in [3.8, 4) is 0 Å². The van der Waals surface area contributed by atoms with Gasteiger partial charge in [0.05, 0.1) is 20.8 Å². The molecule has 39 heavy (non-hydrogen) atoms. The van der Waals surface area contributed by atoms with Crippen LogP contribution in [0.5, 0.6) is 0 Å². The van der Waals surface area contributed by atoms with Crippen LogP contribution in [0.25, 0.3) is 6.08 Å². The van der Waals surface area contributed by atoms with E-state index in [2.05, 4.69) is 36.0 Å². The molecule has 1 aromatic rings. The van der Waals surface area contributed by atoms with E-state index in [-0.39, 0.29) is 24.5 Å². The van der Waals surface area contributed by atoms with Crippen LogP contribution in [0.3, 0.4) is 0 Å².